The number of hydrogen-bond acceptors (Lipinski definition) is 2. The summed E-state index contributed by atoms with van der Waals surface area (Å²) in [6.07, 6.45) is -0.806. The van der Waals surface area contributed by atoms with E-state index < -0.39 is 18.4 Å². The average molecular weight is 320 g/mol. The molecule has 0 aromatic heterocycles. The largest absolute Gasteiger partial charge is 0.481 e. The quantitative estimate of drug-likeness (QED) is 0.533. The van der Waals surface area contributed by atoms with Crippen LogP contribution >= 0.6 is 0 Å². The number of carboxylic acids is 2. The van der Waals surface area contributed by atoms with Crippen LogP contribution in [0.15, 0.2) is 0 Å². The molecule has 0 aliphatic rings. The second kappa shape index (κ2) is 8.42. The van der Waals surface area contributed by atoms with Gasteiger partial charge in [0.2, 0.25) is 0 Å². The third-order valence-electron chi connectivity index (χ3n) is 0.302. The molecule has 0 unspecified atom stereocenters. The van der Waals surface area contributed by atoms with Gasteiger partial charge in [-0.3, -0.25) is 9.59 Å². The number of carbonyl (C=O) groups is 2. The monoisotopic (exact) mass is 318 g/mol. The van der Waals surface area contributed by atoms with E-state index in [1.54, 1.807) is 0 Å². The van der Waals surface area contributed by atoms with E-state index in [1.807, 2.05) is 0 Å². The summed E-state index contributed by atoms with van der Waals surface area (Å²) in [5.41, 5.74) is 0. The summed E-state index contributed by atoms with van der Waals surface area (Å²) in [6.45, 7) is 0. The van der Waals surface area contributed by atoms with Gasteiger partial charge in [0.1, 0.15) is 6.42 Å². The topological polar surface area (TPSA) is 74.6 Å². The summed E-state index contributed by atoms with van der Waals surface area (Å²) in [4.78, 5) is 18.9. The zero-order valence-corrected chi connectivity index (χ0v) is 6.99. The standard InChI is InChI=1S/C3H4O4.2Ag/c4-2(5)1-3(6)7;;/h1H2,(H,4,5)(H,6,7);;. The number of aliphatic carboxylic acids is 2. The van der Waals surface area contributed by atoms with Gasteiger partial charge in [0.05, 0.1) is 0 Å². The number of rotatable bonds is 2. The van der Waals surface area contributed by atoms with Gasteiger partial charge in [0.25, 0.3) is 0 Å². The molecule has 0 fully saturated rings. The van der Waals surface area contributed by atoms with Gasteiger partial charge in [-0.05, 0) is 0 Å². The van der Waals surface area contributed by atoms with E-state index in [4.69, 9.17) is 10.2 Å². The van der Waals surface area contributed by atoms with Gasteiger partial charge in [-0.2, -0.15) is 0 Å². The smallest absolute Gasteiger partial charge is 0.314 e. The van der Waals surface area contributed by atoms with Crippen LogP contribution in [0.2, 0.25) is 0 Å². The van der Waals surface area contributed by atoms with Crippen LogP contribution in [-0.2, 0) is 54.3 Å². The second-order valence-corrected chi connectivity index (χ2v) is 0.964. The molecular formula is C3H4Ag2O4. The fraction of sp³-hybridized carbons (Fsp3) is 0.333. The first-order chi connectivity index (χ1) is 3.13. The number of carboxylic acid groups (broad SMARTS) is 2. The van der Waals surface area contributed by atoms with Crippen LogP contribution in [0.3, 0.4) is 0 Å². The summed E-state index contributed by atoms with van der Waals surface area (Å²) < 4.78 is 0. The molecule has 2 radical (unpaired) electrons. The first-order valence-corrected chi connectivity index (χ1v) is 1.56. The van der Waals surface area contributed by atoms with Crippen LogP contribution in [0.25, 0.3) is 0 Å². The predicted molar refractivity (Wildman–Crippen MR) is 19.9 cm³/mol. The molecule has 4 nitrogen and oxygen atoms in total. The van der Waals surface area contributed by atoms with Crippen LogP contribution < -0.4 is 0 Å². The van der Waals surface area contributed by atoms with Gasteiger partial charge < -0.3 is 10.2 Å². The molecule has 9 heavy (non-hydrogen) atoms. The van der Waals surface area contributed by atoms with Crippen LogP contribution in [0, 0.1) is 0 Å². The maximum atomic E-state index is 9.43. The van der Waals surface area contributed by atoms with Crippen molar-refractivity contribution >= 4 is 11.9 Å². The molecule has 0 aromatic carbocycles. The number of hydrogen-bond donors (Lipinski definition) is 2. The van der Waals surface area contributed by atoms with Crippen molar-refractivity contribution in [2.45, 2.75) is 6.42 Å². The summed E-state index contributed by atoms with van der Waals surface area (Å²) >= 11 is 0. The molecule has 0 saturated heterocycles. The van der Waals surface area contributed by atoms with Gasteiger partial charge in [-0.15, -0.1) is 0 Å². The second-order valence-electron chi connectivity index (χ2n) is 0.964. The Morgan fingerprint density at radius 3 is 1.22 bits per heavy atom. The van der Waals surface area contributed by atoms with Gasteiger partial charge in [0.15, 0.2) is 0 Å². The zero-order valence-electron chi connectivity index (χ0n) is 4.02. The van der Waals surface area contributed by atoms with Gasteiger partial charge in [0, 0.05) is 44.8 Å². The predicted octanol–water partition coefficient (Wildman–Crippen LogP) is -0.459. The average Bonchev–Trinajstić information content (AvgIpc) is 1.27. The van der Waals surface area contributed by atoms with Crippen molar-refractivity contribution in [2.24, 2.45) is 0 Å². The molecular weight excluding hydrogens is 316 g/mol. The Labute approximate surface area is 82.6 Å². The normalized spacial score (nSPS) is 6.22. The first kappa shape index (κ1) is 16.2. The molecule has 0 aliphatic carbocycles. The Kier molecular flexibility index (Phi) is 15.2. The van der Waals surface area contributed by atoms with Crippen molar-refractivity contribution in [3.8, 4) is 0 Å². The van der Waals surface area contributed by atoms with E-state index in [-0.39, 0.29) is 44.8 Å². The van der Waals surface area contributed by atoms with E-state index in [2.05, 4.69) is 0 Å². The molecule has 0 aliphatic heterocycles. The zero-order chi connectivity index (χ0) is 5.86. The fourth-order valence-electron chi connectivity index (χ4n) is 0.129. The van der Waals surface area contributed by atoms with Gasteiger partial charge in [-0.1, -0.05) is 0 Å². The minimum atomic E-state index is -1.31. The maximum Gasteiger partial charge on any atom is 0.314 e. The molecule has 0 atom stereocenters. The molecule has 0 heterocycles. The molecule has 0 bridgehead atoms. The molecule has 0 amide bonds. The minimum Gasteiger partial charge on any atom is -0.481 e. The van der Waals surface area contributed by atoms with Crippen molar-refractivity contribution in [1.82, 2.24) is 0 Å². The van der Waals surface area contributed by atoms with Gasteiger partial charge in [-0.25, -0.2) is 0 Å². The Hall–Kier alpha value is 0.421. The van der Waals surface area contributed by atoms with Crippen molar-refractivity contribution in [3.05, 3.63) is 0 Å². The molecule has 62 valence electrons. The Bertz CT molecular complexity index is 90.0. The SMILES string of the molecule is O=C(O)CC(=O)O.[Ag].[Ag]. The Balaban J connectivity index is -0.000000180. The van der Waals surface area contributed by atoms with Crippen molar-refractivity contribution < 1.29 is 64.6 Å². The molecule has 0 aromatic rings. The Morgan fingerprint density at radius 1 is 1.00 bits per heavy atom. The van der Waals surface area contributed by atoms with E-state index in [9.17, 15) is 9.59 Å². The summed E-state index contributed by atoms with van der Waals surface area (Å²) in [7, 11) is 0. The van der Waals surface area contributed by atoms with Crippen molar-refractivity contribution in [2.75, 3.05) is 0 Å². The fourth-order valence-corrected chi connectivity index (χ4v) is 0.129. The maximum absolute atomic E-state index is 9.43. The molecule has 2 N–H and O–H groups in total. The van der Waals surface area contributed by atoms with Crippen molar-refractivity contribution in [3.63, 3.8) is 0 Å². The van der Waals surface area contributed by atoms with Crippen LogP contribution in [-0.4, -0.2) is 22.2 Å². The van der Waals surface area contributed by atoms with Crippen LogP contribution in [0.5, 0.6) is 0 Å². The third kappa shape index (κ3) is 17.8. The molecule has 0 spiro atoms. The summed E-state index contributed by atoms with van der Waals surface area (Å²) in [6, 6.07) is 0. The first-order valence-electron chi connectivity index (χ1n) is 1.56. The summed E-state index contributed by atoms with van der Waals surface area (Å²) in [5.74, 6) is -2.62. The molecule has 0 saturated carbocycles. The van der Waals surface area contributed by atoms with E-state index in [1.165, 1.54) is 0 Å². The van der Waals surface area contributed by atoms with E-state index in [0.29, 0.717) is 0 Å². The van der Waals surface area contributed by atoms with E-state index >= 15 is 0 Å². The third-order valence-corrected chi connectivity index (χ3v) is 0.302. The van der Waals surface area contributed by atoms with E-state index in [0.717, 1.165) is 0 Å². The van der Waals surface area contributed by atoms with Gasteiger partial charge >= 0.3 is 11.9 Å². The minimum absolute atomic E-state index is 0. The molecule has 6 heteroatoms. The molecule has 0 rings (SSSR count). The van der Waals surface area contributed by atoms with Crippen molar-refractivity contribution in [1.29, 1.82) is 0 Å². The van der Waals surface area contributed by atoms with Crippen LogP contribution in [0.1, 0.15) is 6.42 Å². The van der Waals surface area contributed by atoms with Crippen LogP contribution in [0.4, 0.5) is 0 Å². The Morgan fingerprint density at radius 2 is 1.22 bits per heavy atom. The summed E-state index contributed by atoms with van der Waals surface area (Å²) in [5, 5.41) is 15.4.